The van der Waals surface area contributed by atoms with E-state index in [9.17, 15) is 4.79 Å². The minimum Gasteiger partial charge on any atom is -0.444 e. The highest BCUT2D eigenvalue weighted by atomic mass is 16.3. The van der Waals surface area contributed by atoms with E-state index in [0.29, 0.717) is 18.0 Å². The fourth-order valence-corrected chi connectivity index (χ4v) is 2.01. The van der Waals surface area contributed by atoms with Gasteiger partial charge in [0.05, 0.1) is 17.4 Å². The molecule has 0 saturated heterocycles. The lowest BCUT2D eigenvalue weighted by atomic mass is 10.0. The number of amides is 1. The minimum absolute atomic E-state index is 0.0352. The highest BCUT2D eigenvalue weighted by molar-refractivity contribution is 5.95. The monoisotopic (exact) mass is 270 g/mol. The molecule has 20 heavy (non-hydrogen) atoms. The Kier molecular flexibility index (Phi) is 4.35. The topological polar surface area (TPSA) is 55.1 Å². The fraction of sp³-hybridized carbons (Fsp3) is 0.250. The molecular weight excluding hydrogens is 252 g/mol. The zero-order valence-electron chi connectivity index (χ0n) is 11.7. The second kappa shape index (κ2) is 6.19. The third-order valence-corrected chi connectivity index (χ3v) is 2.95. The van der Waals surface area contributed by atoms with Crippen molar-refractivity contribution >= 4 is 11.6 Å². The molecule has 1 amide bonds. The molecule has 4 heteroatoms. The quantitative estimate of drug-likeness (QED) is 0.839. The number of benzene rings is 1. The molecule has 0 aliphatic heterocycles. The molecule has 0 aliphatic rings. The van der Waals surface area contributed by atoms with Gasteiger partial charge in [0, 0.05) is 5.92 Å². The van der Waals surface area contributed by atoms with Gasteiger partial charge in [0.15, 0.2) is 0 Å². The average Bonchev–Trinajstić information content (AvgIpc) is 2.92. The van der Waals surface area contributed by atoms with Crippen LogP contribution in [0.4, 0.5) is 5.69 Å². The van der Waals surface area contributed by atoms with Gasteiger partial charge in [0.1, 0.15) is 6.26 Å². The van der Waals surface area contributed by atoms with Gasteiger partial charge in [-0.3, -0.25) is 4.79 Å². The highest BCUT2D eigenvalue weighted by Gasteiger charge is 2.16. The summed E-state index contributed by atoms with van der Waals surface area (Å²) in [6.07, 6.45) is 3.77. The third kappa shape index (κ3) is 3.35. The molecule has 0 bridgehead atoms. The molecule has 4 nitrogen and oxygen atoms in total. The number of aromatic nitrogens is 1. The molecule has 0 fully saturated rings. The zero-order valence-corrected chi connectivity index (χ0v) is 11.7. The number of allylic oxidation sites excluding steroid dienone is 1. The van der Waals surface area contributed by atoms with E-state index in [2.05, 4.69) is 16.9 Å². The Morgan fingerprint density at radius 2 is 2.20 bits per heavy atom. The molecule has 1 heterocycles. The summed E-state index contributed by atoms with van der Waals surface area (Å²) < 4.78 is 5.29. The summed E-state index contributed by atoms with van der Waals surface area (Å²) in [4.78, 5) is 16.3. The maximum Gasteiger partial charge on any atom is 0.227 e. The molecule has 1 N–H and O–H groups in total. The van der Waals surface area contributed by atoms with E-state index in [-0.39, 0.29) is 11.8 Å². The van der Waals surface area contributed by atoms with Gasteiger partial charge < -0.3 is 9.73 Å². The normalized spacial score (nSPS) is 11.9. The molecule has 1 aromatic carbocycles. The highest BCUT2D eigenvalue weighted by Crippen LogP contribution is 2.27. The maximum atomic E-state index is 12.2. The summed E-state index contributed by atoms with van der Waals surface area (Å²) in [7, 11) is 0. The lowest BCUT2D eigenvalue weighted by Gasteiger charge is -2.13. The predicted octanol–water partition coefficient (Wildman–Crippen LogP) is 3.88. The minimum atomic E-state index is -0.120. The molecule has 0 radical (unpaired) electrons. The first-order valence-electron chi connectivity index (χ1n) is 6.52. The number of para-hydroxylation sites is 1. The summed E-state index contributed by atoms with van der Waals surface area (Å²) in [5, 5.41) is 2.92. The number of nitrogens with one attached hydrogen (secondary N) is 1. The van der Waals surface area contributed by atoms with Crippen molar-refractivity contribution in [3.05, 3.63) is 48.9 Å². The van der Waals surface area contributed by atoms with Crippen LogP contribution in [0.5, 0.6) is 0 Å². The van der Waals surface area contributed by atoms with Crippen LogP contribution >= 0.6 is 0 Å². The Bertz CT molecular complexity index is 603. The molecule has 0 saturated carbocycles. The van der Waals surface area contributed by atoms with E-state index in [0.717, 1.165) is 11.1 Å². The van der Waals surface area contributed by atoms with Crippen molar-refractivity contribution in [1.82, 2.24) is 4.98 Å². The van der Waals surface area contributed by atoms with Crippen LogP contribution in [0.25, 0.3) is 11.5 Å². The lowest BCUT2D eigenvalue weighted by Crippen LogP contribution is -2.20. The first-order chi connectivity index (χ1) is 9.58. The number of hydrogen-bond donors (Lipinski definition) is 1. The number of oxazole rings is 1. The van der Waals surface area contributed by atoms with Gasteiger partial charge in [-0.15, -0.1) is 6.58 Å². The molecular formula is C16H18N2O2. The summed E-state index contributed by atoms with van der Waals surface area (Å²) >= 11 is 0. The Hall–Kier alpha value is -2.36. The molecule has 2 rings (SSSR count). The first kappa shape index (κ1) is 14.1. The van der Waals surface area contributed by atoms with Crippen molar-refractivity contribution in [3.8, 4) is 11.5 Å². The molecule has 104 valence electrons. The predicted molar refractivity (Wildman–Crippen MR) is 79.2 cm³/mol. The number of anilines is 1. The smallest absolute Gasteiger partial charge is 0.227 e. The van der Waals surface area contributed by atoms with Crippen LogP contribution in [0.15, 0.2) is 53.3 Å². The molecule has 1 atom stereocenters. The molecule has 0 spiro atoms. The molecule has 2 aromatic rings. The van der Waals surface area contributed by atoms with Gasteiger partial charge in [-0.05, 0) is 25.5 Å². The third-order valence-electron chi connectivity index (χ3n) is 2.95. The van der Waals surface area contributed by atoms with Crippen LogP contribution in [-0.2, 0) is 4.79 Å². The zero-order chi connectivity index (χ0) is 14.5. The summed E-state index contributed by atoms with van der Waals surface area (Å²) in [6, 6.07) is 7.45. The number of rotatable bonds is 5. The number of nitrogens with zero attached hydrogens (tertiary/aromatic N) is 1. The van der Waals surface area contributed by atoms with E-state index in [1.54, 1.807) is 6.20 Å². The Labute approximate surface area is 118 Å². The van der Waals surface area contributed by atoms with Crippen LogP contribution in [0.1, 0.15) is 20.3 Å². The Balaban J connectivity index is 2.18. The fourth-order valence-electron chi connectivity index (χ4n) is 2.01. The van der Waals surface area contributed by atoms with Crippen molar-refractivity contribution in [2.75, 3.05) is 5.32 Å². The van der Waals surface area contributed by atoms with E-state index >= 15 is 0 Å². The van der Waals surface area contributed by atoms with E-state index in [1.807, 2.05) is 38.1 Å². The van der Waals surface area contributed by atoms with Crippen LogP contribution in [0.3, 0.4) is 0 Å². The number of carbonyl (C=O) groups excluding carboxylic acids is 1. The van der Waals surface area contributed by atoms with Crippen LogP contribution in [-0.4, -0.2) is 10.9 Å². The van der Waals surface area contributed by atoms with E-state index in [4.69, 9.17) is 4.42 Å². The molecule has 1 aromatic heterocycles. The number of hydrogen-bond acceptors (Lipinski definition) is 3. The second-order valence-electron chi connectivity index (χ2n) is 4.93. The van der Waals surface area contributed by atoms with Crippen LogP contribution in [0, 0.1) is 5.92 Å². The van der Waals surface area contributed by atoms with Crippen molar-refractivity contribution in [3.63, 3.8) is 0 Å². The van der Waals surface area contributed by atoms with Crippen LogP contribution in [0.2, 0.25) is 0 Å². The van der Waals surface area contributed by atoms with Gasteiger partial charge in [0.25, 0.3) is 0 Å². The Morgan fingerprint density at radius 3 is 2.85 bits per heavy atom. The number of carbonyl (C=O) groups is 1. The van der Waals surface area contributed by atoms with Gasteiger partial charge >= 0.3 is 0 Å². The lowest BCUT2D eigenvalue weighted by molar-refractivity contribution is -0.119. The summed E-state index contributed by atoms with van der Waals surface area (Å²) in [5.74, 6) is 0.338. The molecule has 0 aliphatic carbocycles. The SMILES string of the molecule is C=C(C)CC(C)C(=O)Nc1ccccc1-c1ncco1. The molecule has 1 unspecified atom stereocenters. The van der Waals surface area contributed by atoms with Gasteiger partial charge in [-0.25, -0.2) is 4.98 Å². The van der Waals surface area contributed by atoms with Crippen molar-refractivity contribution in [2.45, 2.75) is 20.3 Å². The Morgan fingerprint density at radius 1 is 1.45 bits per heavy atom. The average molecular weight is 270 g/mol. The summed E-state index contributed by atoms with van der Waals surface area (Å²) in [5.41, 5.74) is 2.47. The van der Waals surface area contributed by atoms with Crippen molar-refractivity contribution < 1.29 is 9.21 Å². The standard InChI is InChI=1S/C16H18N2O2/c1-11(2)10-12(3)15(19)18-14-7-5-4-6-13(14)16-17-8-9-20-16/h4-9,12H,1,10H2,2-3H3,(H,18,19). The second-order valence-corrected chi connectivity index (χ2v) is 4.93. The van der Waals surface area contributed by atoms with Crippen LogP contribution < -0.4 is 5.32 Å². The summed E-state index contributed by atoms with van der Waals surface area (Å²) in [6.45, 7) is 7.65. The van der Waals surface area contributed by atoms with Gasteiger partial charge in [0.2, 0.25) is 11.8 Å². The van der Waals surface area contributed by atoms with Crippen molar-refractivity contribution in [2.24, 2.45) is 5.92 Å². The van der Waals surface area contributed by atoms with Gasteiger partial charge in [-0.2, -0.15) is 0 Å². The maximum absolute atomic E-state index is 12.2. The van der Waals surface area contributed by atoms with Gasteiger partial charge in [-0.1, -0.05) is 24.6 Å². The first-order valence-corrected chi connectivity index (χ1v) is 6.52. The van der Waals surface area contributed by atoms with Crippen molar-refractivity contribution in [1.29, 1.82) is 0 Å². The van der Waals surface area contributed by atoms with E-state index in [1.165, 1.54) is 6.26 Å². The van der Waals surface area contributed by atoms with E-state index < -0.39 is 0 Å². The largest absolute Gasteiger partial charge is 0.444 e.